The van der Waals surface area contributed by atoms with E-state index in [4.69, 9.17) is 4.42 Å². The van der Waals surface area contributed by atoms with Crippen molar-refractivity contribution in [1.82, 2.24) is 15.2 Å². The van der Waals surface area contributed by atoms with Gasteiger partial charge in [0.05, 0.1) is 5.01 Å². The zero-order valence-electron chi connectivity index (χ0n) is 11.4. The van der Waals surface area contributed by atoms with Crippen LogP contribution in [0.2, 0.25) is 0 Å². The molecular formula is C12H16N4O2S. The fourth-order valence-electron chi connectivity index (χ4n) is 1.48. The number of hydrogen-bond donors (Lipinski definition) is 1. The molecular weight excluding hydrogens is 264 g/mol. The van der Waals surface area contributed by atoms with E-state index >= 15 is 0 Å². The number of amides is 1. The summed E-state index contributed by atoms with van der Waals surface area (Å²) in [4.78, 5) is 16.0. The molecule has 7 heteroatoms. The number of carbonyl (C=O) groups is 1. The fourth-order valence-corrected chi connectivity index (χ4v) is 2.07. The van der Waals surface area contributed by atoms with Crippen LogP contribution in [0.5, 0.6) is 0 Å². The lowest BCUT2D eigenvalue weighted by Gasteiger charge is -2.15. The Labute approximate surface area is 115 Å². The lowest BCUT2D eigenvalue weighted by molar-refractivity contribution is -0.117. The maximum absolute atomic E-state index is 11.7. The van der Waals surface area contributed by atoms with E-state index in [1.165, 1.54) is 11.3 Å². The molecule has 0 radical (unpaired) electrons. The first-order chi connectivity index (χ1) is 8.83. The minimum Gasteiger partial charge on any atom is -0.401 e. The lowest BCUT2D eigenvalue weighted by atomic mass is 9.92. The summed E-state index contributed by atoms with van der Waals surface area (Å²) in [5, 5.41) is 13.0. The monoisotopic (exact) mass is 280 g/mol. The highest BCUT2D eigenvalue weighted by molar-refractivity contribution is 7.09. The molecule has 19 heavy (non-hydrogen) atoms. The van der Waals surface area contributed by atoms with Gasteiger partial charge >= 0.3 is 6.01 Å². The molecule has 1 amide bonds. The molecule has 0 spiro atoms. The van der Waals surface area contributed by atoms with E-state index in [9.17, 15) is 4.79 Å². The lowest BCUT2D eigenvalue weighted by Crippen LogP contribution is -2.19. The van der Waals surface area contributed by atoms with E-state index in [1.54, 1.807) is 0 Å². The van der Waals surface area contributed by atoms with Gasteiger partial charge in [0.1, 0.15) is 5.69 Å². The average molecular weight is 280 g/mol. The van der Waals surface area contributed by atoms with Crippen LogP contribution in [-0.4, -0.2) is 21.1 Å². The first-order valence-electron chi connectivity index (χ1n) is 5.89. The van der Waals surface area contributed by atoms with Gasteiger partial charge in [-0.3, -0.25) is 10.1 Å². The number of aromatic nitrogens is 3. The molecule has 0 aliphatic carbocycles. The third-order valence-corrected chi connectivity index (χ3v) is 2.97. The van der Waals surface area contributed by atoms with Crippen LogP contribution in [-0.2, 0) is 4.79 Å². The molecule has 6 nitrogen and oxygen atoms in total. The van der Waals surface area contributed by atoms with Gasteiger partial charge in [-0.15, -0.1) is 16.4 Å². The predicted molar refractivity (Wildman–Crippen MR) is 72.8 cm³/mol. The van der Waals surface area contributed by atoms with Crippen LogP contribution >= 0.6 is 11.3 Å². The number of nitrogens with one attached hydrogen (secondary N) is 1. The van der Waals surface area contributed by atoms with Crippen molar-refractivity contribution in [2.24, 2.45) is 5.41 Å². The van der Waals surface area contributed by atoms with Crippen LogP contribution in [0.3, 0.4) is 0 Å². The smallest absolute Gasteiger partial charge is 0.322 e. The third-order valence-electron chi connectivity index (χ3n) is 2.20. The number of hydrogen-bond acceptors (Lipinski definition) is 6. The Morgan fingerprint density at radius 1 is 1.42 bits per heavy atom. The zero-order chi connectivity index (χ0) is 14.0. The Morgan fingerprint density at radius 2 is 2.16 bits per heavy atom. The minimum absolute atomic E-state index is 0.0844. The van der Waals surface area contributed by atoms with Crippen LogP contribution in [0.15, 0.2) is 9.80 Å². The van der Waals surface area contributed by atoms with E-state index in [0.717, 1.165) is 5.01 Å². The molecule has 102 valence electrons. The van der Waals surface area contributed by atoms with Crippen LogP contribution in [0, 0.1) is 12.3 Å². The van der Waals surface area contributed by atoms with Crippen LogP contribution in [0.25, 0.3) is 11.6 Å². The largest absolute Gasteiger partial charge is 0.401 e. The molecule has 2 heterocycles. The van der Waals surface area contributed by atoms with Crippen LogP contribution in [0.4, 0.5) is 6.01 Å². The molecule has 0 bridgehead atoms. The summed E-state index contributed by atoms with van der Waals surface area (Å²) in [5.74, 6) is 0.174. The molecule has 0 saturated heterocycles. The summed E-state index contributed by atoms with van der Waals surface area (Å²) in [7, 11) is 0. The molecule has 0 atom stereocenters. The predicted octanol–water partition coefficient (Wildman–Crippen LogP) is 2.88. The highest BCUT2D eigenvalue weighted by Crippen LogP contribution is 2.23. The Bertz CT molecular complexity index is 583. The van der Waals surface area contributed by atoms with Crippen LogP contribution in [0.1, 0.15) is 32.2 Å². The molecule has 2 aromatic heterocycles. The Kier molecular flexibility index (Phi) is 3.66. The first-order valence-corrected chi connectivity index (χ1v) is 6.77. The number of thiazole rings is 1. The third kappa shape index (κ3) is 3.85. The number of carbonyl (C=O) groups excluding carboxylic acids is 1. The van der Waals surface area contributed by atoms with Gasteiger partial charge < -0.3 is 4.42 Å². The topological polar surface area (TPSA) is 80.9 Å². The van der Waals surface area contributed by atoms with Crippen LogP contribution < -0.4 is 5.32 Å². The first kappa shape index (κ1) is 13.7. The van der Waals surface area contributed by atoms with Crippen molar-refractivity contribution in [3.63, 3.8) is 0 Å². The molecule has 0 saturated carbocycles. The highest BCUT2D eigenvalue weighted by Gasteiger charge is 2.18. The number of aryl methyl sites for hydroxylation is 1. The average Bonchev–Trinajstić information content (AvgIpc) is 2.83. The van der Waals surface area contributed by atoms with Gasteiger partial charge in [0.15, 0.2) is 0 Å². The summed E-state index contributed by atoms with van der Waals surface area (Å²) in [5.41, 5.74) is 0.546. The summed E-state index contributed by atoms with van der Waals surface area (Å²) < 4.78 is 5.36. The Hall–Kier alpha value is -1.76. The summed E-state index contributed by atoms with van der Waals surface area (Å²) >= 11 is 1.50. The van der Waals surface area contributed by atoms with Gasteiger partial charge in [0.25, 0.3) is 5.89 Å². The normalized spacial score (nSPS) is 11.6. The maximum Gasteiger partial charge on any atom is 0.322 e. The molecule has 0 aliphatic rings. The molecule has 1 N–H and O–H groups in total. The van der Waals surface area contributed by atoms with E-state index in [0.29, 0.717) is 18.0 Å². The fraction of sp³-hybridized carbons (Fsp3) is 0.500. The molecule has 0 unspecified atom stereocenters. The van der Waals surface area contributed by atoms with E-state index in [1.807, 2.05) is 33.1 Å². The Balaban J connectivity index is 2.04. The SMILES string of the molecule is Cc1nc(-c2nnc(NC(=O)CC(C)(C)C)o2)cs1. The van der Waals surface area contributed by atoms with Crippen molar-refractivity contribution in [3.05, 3.63) is 10.4 Å². The maximum atomic E-state index is 11.7. The molecule has 0 aliphatic heterocycles. The van der Waals surface area contributed by atoms with Crippen molar-refractivity contribution in [2.75, 3.05) is 5.32 Å². The van der Waals surface area contributed by atoms with Gasteiger partial charge in [-0.05, 0) is 12.3 Å². The van der Waals surface area contributed by atoms with E-state index < -0.39 is 0 Å². The van der Waals surface area contributed by atoms with Crippen molar-refractivity contribution in [3.8, 4) is 11.6 Å². The van der Waals surface area contributed by atoms with Gasteiger partial charge in [0, 0.05) is 11.8 Å². The molecule has 2 aromatic rings. The number of nitrogens with zero attached hydrogens (tertiary/aromatic N) is 3. The van der Waals surface area contributed by atoms with Gasteiger partial charge in [-0.2, -0.15) is 0 Å². The second kappa shape index (κ2) is 5.08. The molecule has 2 rings (SSSR count). The molecule has 0 fully saturated rings. The molecule has 0 aromatic carbocycles. The minimum atomic E-state index is -0.142. The van der Waals surface area contributed by atoms with Crippen molar-refractivity contribution < 1.29 is 9.21 Å². The standard InChI is InChI=1S/C12H16N4O2S/c1-7-13-8(6-19-7)10-15-16-11(18-10)14-9(17)5-12(2,3)4/h6H,5H2,1-4H3,(H,14,16,17). The highest BCUT2D eigenvalue weighted by atomic mass is 32.1. The summed E-state index contributed by atoms with van der Waals surface area (Å²) in [6.45, 7) is 7.87. The second-order valence-electron chi connectivity index (χ2n) is 5.45. The van der Waals surface area contributed by atoms with Gasteiger partial charge in [-0.25, -0.2) is 4.98 Å². The number of rotatable bonds is 3. The van der Waals surface area contributed by atoms with Gasteiger partial charge in [0.2, 0.25) is 5.91 Å². The quantitative estimate of drug-likeness (QED) is 0.935. The Morgan fingerprint density at radius 3 is 2.74 bits per heavy atom. The summed E-state index contributed by atoms with van der Waals surface area (Å²) in [6.07, 6.45) is 0.389. The van der Waals surface area contributed by atoms with Gasteiger partial charge in [-0.1, -0.05) is 25.9 Å². The van der Waals surface area contributed by atoms with Crippen molar-refractivity contribution in [2.45, 2.75) is 34.1 Å². The van der Waals surface area contributed by atoms with E-state index in [2.05, 4.69) is 20.5 Å². The summed E-state index contributed by atoms with van der Waals surface area (Å²) in [6, 6.07) is 0.106. The van der Waals surface area contributed by atoms with E-state index in [-0.39, 0.29) is 17.3 Å². The van der Waals surface area contributed by atoms with Crippen molar-refractivity contribution in [1.29, 1.82) is 0 Å². The number of anilines is 1. The second-order valence-corrected chi connectivity index (χ2v) is 6.51. The zero-order valence-corrected chi connectivity index (χ0v) is 12.2. The van der Waals surface area contributed by atoms with Crippen molar-refractivity contribution >= 4 is 23.3 Å².